The van der Waals surface area contributed by atoms with Crippen molar-refractivity contribution in [1.29, 1.82) is 0 Å². The third-order valence-corrected chi connectivity index (χ3v) is 4.71. The first kappa shape index (κ1) is 26.5. The van der Waals surface area contributed by atoms with Crippen molar-refractivity contribution in [3.05, 3.63) is 46.9 Å². The first-order valence-corrected chi connectivity index (χ1v) is 10.7. The quantitative estimate of drug-likeness (QED) is 0.323. The van der Waals surface area contributed by atoms with Crippen LogP contribution in [-0.2, 0) is 10.9 Å². The van der Waals surface area contributed by atoms with Gasteiger partial charge >= 0.3 is 12.3 Å². The summed E-state index contributed by atoms with van der Waals surface area (Å²) in [4.78, 5) is 16.5. The monoisotopic (exact) mass is 514 g/mol. The summed E-state index contributed by atoms with van der Waals surface area (Å²) in [6.07, 6.45) is -5.59. The number of nitrogens with zero attached hydrogens (tertiary/aromatic N) is 1. The highest BCUT2D eigenvalue weighted by atomic mass is 35.6. The number of halogens is 7. The number of pyridine rings is 1. The minimum absolute atomic E-state index is 0.0357. The molecule has 0 bridgehead atoms. The molecular formula is C21H21Cl3F4N2O2. The largest absolute Gasteiger partial charge is 0.445 e. The summed E-state index contributed by atoms with van der Waals surface area (Å²) >= 11 is 16.7. The smallest absolute Gasteiger partial charge is 0.416 e. The fourth-order valence-corrected chi connectivity index (χ4v) is 3.18. The molecule has 4 nitrogen and oxygen atoms in total. The van der Waals surface area contributed by atoms with Gasteiger partial charge in [-0.25, -0.2) is 14.2 Å². The number of rotatable bonds is 5. The number of benzene rings is 1. The molecule has 0 aliphatic heterocycles. The molecule has 0 saturated heterocycles. The van der Waals surface area contributed by atoms with Crippen LogP contribution in [0.5, 0.6) is 0 Å². The van der Waals surface area contributed by atoms with Gasteiger partial charge in [0.05, 0.1) is 16.9 Å². The SMILES string of the molecule is CC(C)c1nc(-c2cccc(C(F)(F)F)c2)c(F)c(C(C)C)c1NC(=O)OCC(Cl)(Cl)Cl. The van der Waals surface area contributed by atoms with Gasteiger partial charge in [-0.1, -0.05) is 74.6 Å². The van der Waals surface area contributed by atoms with Crippen LogP contribution >= 0.6 is 34.8 Å². The topological polar surface area (TPSA) is 51.2 Å². The van der Waals surface area contributed by atoms with E-state index in [1.165, 1.54) is 12.1 Å². The number of hydrogen-bond acceptors (Lipinski definition) is 3. The molecule has 1 N–H and O–H groups in total. The number of carbonyl (C=O) groups excluding carboxylic acids is 1. The fourth-order valence-electron chi connectivity index (χ4n) is 3.01. The van der Waals surface area contributed by atoms with Crippen molar-refractivity contribution in [2.75, 3.05) is 11.9 Å². The van der Waals surface area contributed by atoms with Gasteiger partial charge in [-0.3, -0.25) is 5.32 Å². The summed E-state index contributed by atoms with van der Waals surface area (Å²) in [5, 5.41) is 2.45. The third kappa shape index (κ3) is 6.62. The Kier molecular flexibility index (Phi) is 8.29. The molecule has 0 fully saturated rings. The normalized spacial score (nSPS) is 12.4. The van der Waals surface area contributed by atoms with Gasteiger partial charge in [-0.2, -0.15) is 13.2 Å². The Hall–Kier alpha value is -1.77. The molecule has 0 aliphatic carbocycles. The molecule has 2 aromatic rings. The Balaban J connectivity index is 2.63. The minimum Gasteiger partial charge on any atom is -0.445 e. The van der Waals surface area contributed by atoms with Crippen LogP contribution in [0, 0.1) is 5.82 Å². The number of alkyl halides is 6. The second-order valence-electron chi connectivity index (χ2n) is 7.65. The van der Waals surface area contributed by atoms with Crippen molar-refractivity contribution in [2.45, 2.75) is 49.5 Å². The molecule has 0 radical (unpaired) electrons. The highest BCUT2D eigenvalue weighted by molar-refractivity contribution is 6.67. The summed E-state index contributed by atoms with van der Waals surface area (Å²) in [6, 6.07) is 4.26. The number of carbonyl (C=O) groups is 1. The summed E-state index contributed by atoms with van der Waals surface area (Å²) in [5.41, 5.74) is -0.797. The van der Waals surface area contributed by atoms with E-state index in [-0.39, 0.29) is 34.1 Å². The zero-order valence-electron chi connectivity index (χ0n) is 17.6. The second kappa shape index (κ2) is 10.0. The molecule has 0 spiro atoms. The van der Waals surface area contributed by atoms with Crippen molar-refractivity contribution in [3.8, 4) is 11.3 Å². The number of ether oxygens (including phenoxy) is 1. The molecule has 11 heteroatoms. The Bertz CT molecular complexity index is 990. The molecule has 0 unspecified atom stereocenters. The first-order valence-electron chi connectivity index (χ1n) is 9.53. The van der Waals surface area contributed by atoms with E-state index < -0.39 is 40.0 Å². The lowest BCUT2D eigenvalue weighted by Gasteiger charge is -2.22. The maximum Gasteiger partial charge on any atom is 0.416 e. The van der Waals surface area contributed by atoms with Crippen LogP contribution in [0.2, 0.25) is 0 Å². The lowest BCUT2D eigenvalue weighted by molar-refractivity contribution is -0.137. The molecule has 1 heterocycles. The Labute approximate surface area is 198 Å². The highest BCUT2D eigenvalue weighted by Gasteiger charge is 2.32. The van der Waals surface area contributed by atoms with E-state index in [9.17, 15) is 18.0 Å². The van der Waals surface area contributed by atoms with E-state index in [1.807, 2.05) is 0 Å². The molecule has 0 aliphatic rings. The van der Waals surface area contributed by atoms with E-state index in [0.717, 1.165) is 12.1 Å². The average Bonchev–Trinajstić information content (AvgIpc) is 2.65. The molecule has 2 rings (SSSR count). The van der Waals surface area contributed by atoms with Gasteiger partial charge < -0.3 is 4.74 Å². The molecule has 32 heavy (non-hydrogen) atoms. The Morgan fingerprint density at radius 2 is 1.75 bits per heavy atom. The standard InChI is InChI=1S/C21H21Cl3F4N2O2/c1-10(2)14-15(25)17(12-6-5-7-13(8-12)21(26,27)28)29-16(11(3)4)18(14)30-19(31)32-9-20(22,23)24/h5-8,10-11H,9H2,1-4H3,(H,30,31). The number of anilines is 1. The van der Waals surface area contributed by atoms with Crippen LogP contribution in [0.4, 0.5) is 28.0 Å². The summed E-state index contributed by atoms with van der Waals surface area (Å²) < 4.78 is 58.1. The van der Waals surface area contributed by atoms with E-state index in [0.29, 0.717) is 0 Å². The lowest BCUT2D eigenvalue weighted by Crippen LogP contribution is -2.23. The predicted octanol–water partition coefficient (Wildman–Crippen LogP) is 8.07. The van der Waals surface area contributed by atoms with Gasteiger partial charge in [0.25, 0.3) is 0 Å². The molecular weight excluding hydrogens is 495 g/mol. The fraction of sp³-hybridized carbons (Fsp3) is 0.429. The first-order chi connectivity index (χ1) is 14.6. The van der Waals surface area contributed by atoms with Gasteiger partial charge in [-0.15, -0.1) is 0 Å². The molecule has 1 amide bonds. The second-order valence-corrected chi connectivity index (χ2v) is 10.2. The van der Waals surface area contributed by atoms with Crippen LogP contribution in [0.15, 0.2) is 24.3 Å². The van der Waals surface area contributed by atoms with Gasteiger partial charge in [-0.05, 0) is 24.0 Å². The molecule has 0 saturated carbocycles. The number of nitrogens with one attached hydrogen (secondary N) is 1. The van der Waals surface area contributed by atoms with E-state index in [4.69, 9.17) is 39.5 Å². The number of aromatic nitrogens is 1. The van der Waals surface area contributed by atoms with Crippen molar-refractivity contribution >= 4 is 46.6 Å². The maximum atomic E-state index is 15.6. The van der Waals surface area contributed by atoms with Crippen LogP contribution in [0.25, 0.3) is 11.3 Å². The molecule has 0 atom stereocenters. The van der Waals surface area contributed by atoms with Gasteiger partial charge in [0.15, 0.2) is 5.82 Å². The van der Waals surface area contributed by atoms with Gasteiger partial charge in [0.2, 0.25) is 3.79 Å². The van der Waals surface area contributed by atoms with Crippen LogP contribution in [0.1, 0.15) is 56.4 Å². The van der Waals surface area contributed by atoms with Crippen molar-refractivity contribution < 1.29 is 27.1 Å². The van der Waals surface area contributed by atoms with Crippen molar-refractivity contribution in [2.24, 2.45) is 0 Å². The zero-order valence-corrected chi connectivity index (χ0v) is 19.8. The van der Waals surface area contributed by atoms with Gasteiger partial charge in [0, 0.05) is 11.1 Å². The molecule has 176 valence electrons. The van der Waals surface area contributed by atoms with Gasteiger partial charge in [0.1, 0.15) is 12.3 Å². The van der Waals surface area contributed by atoms with Crippen LogP contribution in [0.3, 0.4) is 0 Å². The third-order valence-electron chi connectivity index (χ3n) is 4.38. The van der Waals surface area contributed by atoms with Crippen molar-refractivity contribution in [3.63, 3.8) is 0 Å². The summed E-state index contributed by atoms with van der Waals surface area (Å²) in [7, 11) is 0. The minimum atomic E-state index is -4.60. The Morgan fingerprint density at radius 3 is 2.25 bits per heavy atom. The molecule has 1 aromatic carbocycles. The summed E-state index contributed by atoms with van der Waals surface area (Å²) in [6.45, 7) is 6.30. The van der Waals surface area contributed by atoms with E-state index in [2.05, 4.69) is 10.3 Å². The highest BCUT2D eigenvalue weighted by Crippen LogP contribution is 2.39. The lowest BCUT2D eigenvalue weighted by atomic mass is 9.93. The van der Waals surface area contributed by atoms with E-state index in [1.54, 1.807) is 27.7 Å². The Morgan fingerprint density at radius 1 is 1.12 bits per heavy atom. The maximum absolute atomic E-state index is 15.6. The number of hydrogen-bond donors (Lipinski definition) is 1. The van der Waals surface area contributed by atoms with E-state index >= 15 is 4.39 Å². The zero-order chi connectivity index (χ0) is 24.4. The van der Waals surface area contributed by atoms with Crippen molar-refractivity contribution in [1.82, 2.24) is 4.98 Å². The van der Waals surface area contributed by atoms with Crippen LogP contribution in [-0.4, -0.2) is 21.5 Å². The molecule has 1 aromatic heterocycles. The average molecular weight is 516 g/mol. The van der Waals surface area contributed by atoms with Crippen LogP contribution < -0.4 is 5.32 Å². The number of amides is 1. The summed E-state index contributed by atoms with van der Waals surface area (Å²) in [5.74, 6) is -1.62. The predicted molar refractivity (Wildman–Crippen MR) is 118 cm³/mol.